The molecular formula is C12H23NO3. The van der Waals surface area contributed by atoms with Crippen LogP contribution in [0.5, 0.6) is 0 Å². The first-order chi connectivity index (χ1) is 7.56. The zero-order valence-corrected chi connectivity index (χ0v) is 10.5. The van der Waals surface area contributed by atoms with Gasteiger partial charge >= 0.3 is 0 Å². The molecule has 0 saturated carbocycles. The van der Waals surface area contributed by atoms with E-state index in [0.29, 0.717) is 19.6 Å². The Morgan fingerprint density at radius 3 is 2.88 bits per heavy atom. The lowest BCUT2D eigenvalue weighted by Gasteiger charge is -2.24. The van der Waals surface area contributed by atoms with Gasteiger partial charge in [0.1, 0.15) is 0 Å². The smallest absolute Gasteiger partial charge is 0.228 e. The molecule has 1 rings (SSSR count). The van der Waals surface area contributed by atoms with E-state index in [4.69, 9.17) is 4.74 Å². The first-order valence-corrected chi connectivity index (χ1v) is 6.10. The molecule has 4 nitrogen and oxygen atoms in total. The Morgan fingerprint density at radius 1 is 1.62 bits per heavy atom. The van der Waals surface area contributed by atoms with Gasteiger partial charge in [-0.05, 0) is 26.2 Å². The van der Waals surface area contributed by atoms with Crippen molar-refractivity contribution in [1.82, 2.24) is 4.90 Å². The van der Waals surface area contributed by atoms with Crippen LogP contribution >= 0.6 is 0 Å². The molecule has 1 aliphatic heterocycles. The van der Waals surface area contributed by atoms with Gasteiger partial charge in [-0.3, -0.25) is 4.79 Å². The summed E-state index contributed by atoms with van der Waals surface area (Å²) in [6, 6.07) is 0. The number of ether oxygens (including phenoxy) is 1. The van der Waals surface area contributed by atoms with Crippen LogP contribution in [-0.2, 0) is 9.53 Å². The molecule has 4 heteroatoms. The lowest BCUT2D eigenvalue weighted by molar-refractivity contribution is -0.136. The molecule has 3 unspecified atom stereocenters. The molecule has 0 aromatic rings. The number of aliphatic hydroxyl groups excluding tert-OH is 1. The molecule has 3 atom stereocenters. The molecule has 1 aliphatic rings. The van der Waals surface area contributed by atoms with E-state index in [1.807, 2.05) is 6.92 Å². The van der Waals surface area contributed by atoms with Gasteiger partial charge in [0, 0.05) is 20.2 Å². The van der Waals surface area contributed by atoms with Gasteiger partial charge in [0.15, 0.2) is 0 Å². The van der Waals surface area contributed by atoms with Crippen molar-refractivity contribution in [2.45, 2.75) is 45.3 Å². The third kappa shape index (κ3) is 3.46. The number of aliphatic hydroxyl groups is 1. The lowest BCUT2D eigenvalue weighted by Crippen LogP contribution is -2.37. The van der Waals surface area contributed by atoms with Crippen molar-refractivity contribution in [2.75, 3.05) is 20.2 Å². The maximum atomic E-state index is 12.1. The standard InChI is InChI=1S/C12H23NO3/c1-4-11-10(6-8-16-11)12(15)13(3)7-5-9(2)14/h9-11,14H,4-8H2,1-3H3. The predicted octanol–water partition coefficient (Wildman–Crippen LogP) is 1.03. The fraction of sp³-hybridized carbons (Fsp3) is 0.917. The van der Waals surface area contributed by atoms with E-state index in [2.05, 4.69) is 0 Å². The maximum absolute atomic E-state index is 12.1. The Morgan fingerprint density at radius 2 is 2.31 bits per heavy atom. The Balaban J connectivity index is 2.43. The van der Waals surface area contributed by atoms with Crippen molar-refractivity contribution < 1.29 is 14.6 Å². The number of carbonyl (C=O) groups is 1. The number of rotatable bonds is 5. The molecule has 1 N–H and O–H groups in total. The highest BCUT2D eigenvalue weighted by Gasteiger charge is 2.34. The highest BCUT2D eigenvalue weighted by atomic mass is 16.5. The summed E-state index contributed by atoms with van der Waals surface area (Å²) in [7, 11) is 1.80. The predicted molar refractivity (Wildman–Crippen MR) is 62.1 cm³/mol. The molecule has 0 aliphatic carbocycles. The topological polar surface area (TPSA) is 49.8 Å². The van der Waals surface area contributed by atoms with Crippen molar-refractivity contribution in [1.29, 1.82) is 0 Å². The van der Waals surface area contributed by atoms with Crippen molar-refractivity contribution >= 4 is 5.91 Å². The van der Waals surface area contributed by atoms with Gasteiger partial charge in [-0.15, -0.1) is 0 Å². The van der Waals surface area contributed by atoms with E-state index in [-0.39, 0.29) is 24.0 Å². The average molecular weight is 229 g/mol. The summed E-state index contributed by atoms with van der Waals surface area (Å²) in [6.07, 6.45) is 2.09. The summed E-state index contributed by atoms with van der Waals surface area (Å²) < 4.78 is 5.51. The van der Waals surface area contributed by atoms with E-state index in [0.717, 1.165) is 12.8 Å². The summed E-state index contributed by atoms with van der Waals surface area (Å²) in [5.41, 5.74) is 0. The zero-order valence-electron chi connectivity index (χ0n) is 10.5. The van der Waals surface area contributed by atoms with E-state index in [9.17, 15) is 9.90 Å². The van der Waals surface area contributed by atoms with Crippen LogP contribution in [0.4, 0.5) is 0 Å². The van der Waals surface area contributed by atoms with Crippen molar-refractivity contribution in [2.24, 2.45) is 5.92 Å². The number of amides is 1. The monoisotopic (exact) mass is 229 g/mol. The number of carbonyl (C=O) groups excluding carboxylic acids is 1. The molecule has 1 fully saturated rings. The Kier molecular flexibility index (Phi) is 5.22. The van der Waals surface area contributed by atoms with Crippen molar-refractivity contribution in [3.8, 4) is 0 Å². The minimum atomic E-state index is -0.350. The molecule has 1 heterocycles. The van der Waals surface area contributed by atoms with Crippen LogP contribution in [0.3, 0.4) is 0 Å². The summed E-state index contributed by atoms with van der Waals surface area (Å²) in [5.74, 6) is 0.175. The Hall–Kier alpha value is -0.610. The molecule has 0 spiro atoms. The fourth-order valence-electron chi connectivity index (χ4n) is 2.11. The zero-order chi connectivity index (χ0) is 12.1. The van der Waals surface area contributed by atoms with Crippen LogP contribution in [0.15, 0.2) is 0 Å². The van der Waals surface area contributed by atoms with E-state index >= 15 is 0 Å². The normalized spacial score (nSPS) is 26.8. The highest BCUT2D eigenvalue weighted by Crippen LogP contribution is 2.25. The minimum absolute atomic E-state index is 0.0176. The second kappa shape index (κ2) is 6.21. The van der Waals surface area contributed by atoms with Gasteiger partial charge in [-0.2, -0.15) is 0 Å². The van der Waals surface area contributed by atoms with Crippen LogP contribution in [0.1, 0.15) is 33.1 Å². The van der Waals surface area contributed by atoms with E-state index < -0.39 is 0 Å². The summed E-state index contributed by atoms with van der Waals surface area (Å²) in [5, 5.41) is 9.18. The van der Waals surface area contributed by atoms with Crippen LogP contribution in [0.25, 0.3) is 0 Å². The second-order valence-electron chi connectivity index (χ2n) is 4.61. The van der Waals surface area contributed by atoms with Crippen LogP contribution in [-0.4, -0.2) is 48.3 Å². The van der Waals surface area contributed by atoms with E-state index in [1.165, 1.54) is 0 Å². The molecule has 94 valence electrons. The number of hydrogen-bond acceptors (Lipinski definition) is 3. The summed E-state index contributed by atoms with van der Waals surface area (Å²) >= 11 is 0. The highest BCUT2D eigenvalue weighted by molar-refractivity contribution is 5.79. The number of hydrogen-bond donors (Lipinski definition) is 1. The molecule has 16 heavy (non-hydrogen) atoms. The minimum Gasteiger partial charge on any atom is -0.393 e. The Bertz CT molecular complexity index is 230. The van der Waals surface area contributed by atoms with Crippen molar-refractivity contribution in [3.05, 3.63) is 0 Å². The molecule has 0 aromatic carbocycles. The first-order valence-electron chi connectivity index (χ1n) is 6.10. The Labute approximate surface area is 97.6 Å². The molecular weight excluding hydrogens is 206 g/mol. The molecule has 0 aromatic heterocycles. The first kappa shape index (κ1) is 13.5. The van der Waals surface area contributed by atoms with E-state index in [1.54, 1.807) is 18.9 Å². The van der Waals surface area contributed by atoms with Crippen LogP contribution in [0, 0.1) is 5.92 Å². The van der Waals surface area contributed by atoms with Gasteiger partial charge in [0.05, 0.1) is 18.1 Å². The number of nitrogens with zero attached hydrogens (tertiary/aromatic N) is 1. The van der Waals surface area contributed by atoms with Crippen LogP contribution in [0.2, 0.25) is 0 Å². The largest absolute Gasteiger partial charge is 0.393 e. The molecule has 0 bridgehead atoms. The SMILES string of the molecule is CCC1OCCC1C(=O)N(C)CCC(C)O. The fourth-order valence-corrected chi connectivity index (χ4v) is 2.11. The van der Waals surface area contributed by atoms with Crippen molar-refractivity contribution in [3.63, 3.8) is 0 Å². The lowest BCUT2D eigenvalue weighted by atomic mass is 9.98. The molecule has 1 saturated heterocycles. The van der Waals surface area contributed by atoms with Gasteiger partial charge in [0.25, 0.3) is 0 Å². The van der Waals surface area contributed by atoms with Crippen LogP contribution < -0.4 is 0 Å². The van der Waals surface area contributed by atoms with Gasteiger partial charge < -0.3 is 14.7 Å². The maximum Gasteiger partial charge on any atom is 0.228 e. The van der Waals surface area contributed by atoms with Gasteiger partial charge in [-0.1, -0.05) is 6.92 Å². The third-order valence-electron chi connectivity index (χ3n) is 3.19. The summed E-state index contributed by atoms with van der Waals surface area (Å²) in [4.78, 5) is 13.8. The van der Waals surface area contributed by atoms with Gasteiger partial charge in [-0.25, -0.2) is 0 Å². The average Bonchev–Trinajstić information content (AvgIpc) is 2.72. The molecule has 1 amide bonds. The third-order valence-corrected chi connectivity index (χ3v) is 3.19. The molecule has 0 radical (unpaired) electrons. The summed E-state index contributed by atoms with van der Waals surface area (Å²) in [6.45, 7) is 5.10. The van der Waals surface area contributed by atoms with Gasteiger partial charge in [0.2, 0.25) is 5.91 Å². The quantitative estimate of drug-likeness (QED) is 0.766. The second-order valence-corrected chi connectivity index (χ2v) is 4.61.